The minimum absolute atomic E-state index is 0.0124. The molecule has 0 radical (unpaired) electrons. The quantitative estimate of drug-likeness (QED) is 0.614. The van der Waals surface area contributed by atoms with Gasteiger partial charge in [0.15, 0.2) is 0 Å². The summed E-state index contributed by atoms with van der Waals surface area (Å²) in [6, 6.07) is 9.51. The van der Waals surface area contributed by atoms with Crippen LogP contribution in [0.15, 0.2) is 39.3 Å². The van der Waals surface area contributed by atoms with Crippen LogP contribution in [-0.2, 0) is 0 Å². The maximum Gasteiger partial charge on any atom is 0.254 e. The van der Waals surface area contributed by atoms with Gasteiger partial charge in [-0.25, -0.2) is 4.68 Å². The van der Waals surface area contributed by atoms with Gasteiger partial charge in [-0.3, -0.25) is 4.79 Å². The SMILES string of the molecule is Cc1cc(C2CCCN2C(=O)c2ccc(-n3nc(C)c(Br)c3C)cc2)no1. The summed E-state index contributed by atoms with van der Waals surface area (Å²) in [5.74, 6) is 0.795. The van der Waals surface area contributed by atoms with Crippen LogP contribution in [0.4, 0.5) is 0 Å². The zero-order valence-corrected chi connectivity index (χ0v) is 17.2. The van der Waals surface area contributed by atoms with Crippen molar-refractivity contribution < 1.29 is 9.32 Å². The molecule has 3 heterocycles. The largest absolute Gasteiger partial charge is 0.361 e. The van der Waals surface area contributed by atoms with E-state index >= 15 is 0 Å². The van der Waals surface area contributed by atoms with Gasteiger partial charge in [0, 0.05) is 18.2 Å². The molecule has 0 saturated carbocycles. The Hall–Kier alpha value is -2.41. The fraction of sp³-hybridized carbons (Fsp3) is 0.350. The van der Waals surface area contributed by atoms with E-state index in [9.17, 15) is 4.79 Å². The molecule has 1 atom stereocenters. The molecular weight excluding hydrogens is 408 g/mol. The van der Waals surface area contributed by atoms with E-state index in [-0.39, 0.29) is 11.9 Å². The normalized spacial score (nSPS) is 16.9. The molecule has 0 aliphatic carbocycles. The highest BCUT2D eigenvalue weighted by atomic mass is 79.9. The Morgan fingerprint density at radius 1 is 1.22 bits per heavy atom. The number of hydrogen-bond acceptors (Lipinski definition) is 4. The van der Waals surface area contributed by atoms with Crippen molar-refractivity contribution in [3.8, 4) is 5.69 Å². The number of nitrogens with zero attached hydrogens (tertiary/aromatic N) is 4. The predicted octanol–water partition coefficient (Wildman–Crippen LogP) is 4.53. The van der Waals surface area contributed by atoms with Gasteiger partial charge in [0.1, 0.15) is 11.5 Å². The molecule has 0 bridgehead atoms. The Bertz CT molecular complexity index is 990. The van der Waals surface area contributed by atoms with Crippen LogP contribution in [-0.4, -0.2) is 32.3 Å². The van der Waals surface area contributed by atoms with Crippen molar-refractivity contribution in [1.82, 2.24) is 19.8 Å². The van der Waals surface area contributed by atoms with Gasteiger partial charge in [0.05, 0.1) is 27.6 Å². The summed E-state index contributed by atoms with van der Waals surface area (Å²) >= 11 is 3.55. The molecule has 1 unspecified atom stereocenters. The van der Waals surface area contributed by atoms with Crippen molar-refractivity contribution in [3.63, 3.8) is 0 Å². The molecule has 1 fully saturated rings. The fourth-order valence-electron chi connectivity index (χ4n) is 3.65. The molecule has 1 aliphatic rings. The third-order valence-electron chi connectivity index (χ3n) is 5.06. The van der Waals surface area contributed by atoms with Crippen molar-refractivity contribution in [2.24, 2.45) is 0 Å². The first-order valence-electron chi connectivity index (χ1n) is 9.02. The van der Waals surface area contributed by atoms with E-state index in [2.05, 4.69) is 26.2 Å². The molecule has 3 aromatic rings. The lowest BCUT2D eigenvalue weighted by atomic mass is 10.1. The van der Waals surface area contributed by atoms with Gasteiger partial charge < -0.3 is 9.42 Å². The lowest BCUT2D eigenvalue weighted by Crippen LogP contribution is -2.30. The van der Waals surface area contributed by atoms with Crippen LogP contribution in [0, 0.1) is 20.8 Å². The number of aromatic nitrogens is 3. The predicted molar refractivity (Wildman–Crippen MR) is 105 cm³/mol. The molecule has 1 amide bonds. The van der Waals surface area contributed by atoms with Crippen molar-refractivity contribution in [2.75, 3.05) is 6.54 Å². The zero-order chi connectivity index (χ0) is 19.1. The Balaban J connectivity index is 1.58. The third kappa shape index (κ3) is 3.20. The average molecular weight is 429 g/mol. The highest BCUT2D eigenvalue weighted by Gasteiger charge is 2.32. The summed E-state index contributed by atoms with van der Waals surface area (Å²) in [6.45, 7) is 6.58. The van der Waals surface area contributed by atoms with E-state index in [0.29, 0.717) is 5.56 Å². The highest BCUT2D eigenvalue weighted by molar-refractivity contribution is 9.10. The summed E-state index contributed by atoms with van der Waals surface area (Å²) in [7, 11) is 0. The maximum atomic E-state index is 13.0. The van der Waals surface area contributed by atoms with E-state index < -0.39 is 0 Å². The number of hydrogen-bond donors (Lipinski definition) is 0. The molecule has 7 heteroatoms. The topological polar surface area (TPSA) is 64.2 Å². The van der Waals surface area contributed by atoms with Crippen LogP contribution in [0.25, 0.3) is 5.69 Å². The van der Waals surface area contributed by atoms with Crippen LogP contribution in [0.3, 0.4) is 0 Å². The van der Waals surface area contributed by atoms with Gasteiger partial charge in [-0.1, -0.05) is 5.16 Å². The smallest absolute Gasteiger partial charge is 0.254 e. The number of halogens is 1. The first kappa shape index (κ1) is 18.0. The highest BCUT2D eigenvalue weighted by Crippen LogP contribution is 2.33. The van der Waals surface area contributed by atoms with Crippen molar-refractivity contribution >= 4 is 21.8 Å². The standard InChI is InChI=1S/C20H21BrN4O2/c1-12-11-17(23-27-12)18-5-4-10-24(18)20(26)15-6-8-16(9-7-15)25-14(3)19(21)13(2)22-25/h6-9,11,18H,4-5,10H2,1-3H3. The Morgan fingerprint density at radius 2 is 1.96 bits per heavy atom. The van der Waals surface area contributed by atoms with Crippen LogP contribution in [0.2, 0.25) is 0 Å². The van der Waals surface area contributed by atoms with Gasteiger partial charge in [-0.2, -0.15) is 5.10 Å². The summed E-state index contributed by atoms with van der Waals surface area (Å²) in [4.78, 5) is 14.9. The number of carbonyl (C=O) groups is 1. The van der Waals surface area contributed by atoms with E-state index in [1.54, 1.807) is 0 Å². The van der Waals surface area contributed by atoms with Crippen molar-refractivity contribution in [3.05, 3.63) is 63.2 Å². The molecule has 0 N–H and O–H groups in total. The lowest BCUT2D eigenvalue weighted by Gasteiger charge is -2.23. The molecule has 1 aromatic carbocycles. The zero-order valence-electron chi connectivity index (χ0n) is 15.6. The summed E-state index contributed by atoms with van der Waals surface area (Å²) < 4.78 is 8.08. The number of rotatable bonds is 3. The summed E-state index contributed by atoms with van der Waals surface area (Å²) in [5, 5.41) is 8.65. The van der Waals surface area contributed by atoms with Gasteiger partial charge in [0.2, 0.25) is 0 Å². The minimum Gasteiger partial charge on any atom is -0.361 e. The minimum atomic E-state index is -0.0124. The molecule has 1 aliphatic heterocycles. The first-order chi connectivity index (χ1) is 13.0. The van der Waals surface area contributed by atoms with E-state index in [1.165, 1.54) is 0 Å². The van der Waals surface area contributed by atoms with Gasteiger partial charge in [0.25, 0.3) is 5.91 Å². The summed E-state index contributed by atoms with van der Waals surface area (Å²) in [5.41, 5.74) is 4.42. The molecular formula is C20H21BrN4O2. The van der Waals surface area contributed by atoms with Gasteiger partial charge in [-0.15, -0.1) is 0 Å². The second kappa shape index (κ2) is 6.96. The third-order valence-corrected chi connectivity index (χ3v) is 6.21. The average Bonchev–Trinajstić information content (AvgIpc) is 3.38. The van der Waals surface area contributed by atoms with Crippen LogP contribution >= 0.6 is 15.9 Å². The van der Waals surface area contributed by atoms with Crippen molar-refractivity contribution in [1.29, 1.82) is 0 Å². The van der Waals surface area contributed by atoms with Crippen molar-refractivity contribution in [2.45, 2.75) is 39.7 Å². The first-order valence-corrected chi connectivity index (χ1v) is 9.81. The number of amides is 1. The lowest BCUT2D eigenvalue weighted by molar-refractivity contribution is 0.0731. The van der Waals surface area contributed by atoms with Gasteiger partial charge in [-0.05, 0) is 73.8 Å². The number of likely N-dealkylation sites (tertiary alicyclic amines) is 1. The second-order valence-electron chi connectivity index (χ2n) is 6.96. The molecule has 6 nitrogen and oxygen atoms in total. The maximum absolute atomic E-state index is 13.0. The van der Waals surface area contributed by atoms with E-state index in [4.69, 9.17) is 4.52 Å². The Morgan fingerprint density at radius 3 is 2.56 bits per heavy atom. The molecule has 4 rings (SSSR count). The Labute approximate surface area is 166 Å². The molecule has 1 saturated heterocycles. The van der Waals surface area contributed by atoms with Crippen LogP contribution < -0.4 is 0 Å². The molecule has 140 valence electrons. The molecule has 2 aromatic heterocycles. The number of aryl methyl sites for hydroxylation is 2. The molecule has 27 heavy (non-hydrogen) atoms. The monoisotopic (exact) mass is 428 g/mol. The van der Waals surface area contributed by atoms with E-state index in [1.807, 2.05) is 60.7 Å². The van der Waals surface area contributed by atoms with E-state index in [0.717, 1.165) is 52.4 Å². The second-order valence-corrected chi connectivity index (χ2v) is 7.76. The fourth-order valence-corrected chi connectivity index (χ4v) is 3.89. The Kier molecular flexibility index (Phi) is 4.63. The number of benzene rings is 1. The van der Waals surface area contributed by atoms with Crippen LogP contribution in [0.1, 0.15) is 52.1 Å². The number of carbonyl (C=O) groups excluding carboxylic acids is 1. The van der Waals surface area contributed by atoms with Crippen LogP contribution in [0.5, 0.6) is 0 Å². The summed E-state index contributed by atoms with van der Waals surface area (Å²) in [6.07, 6.45) is 1.88. The molecule has 0 spiro atoms. The van der Waals surface area contributed by atoms with Gasteiger partial charge >= 0.3 is 0 Å².